The Balaban J connectivity index is 0.00000392. The van der Waals surface area contributed by atoms with Gasteiger partial charge in [0.05, 0.1) is 6.20 Å². The van der Waals surface area contributed by atoms with Gasteiger partial charge in [-0.15, -0.1) is 24.0 Å². The Hall–Kier alpha value is -1.65. The van der Waals surface area contributed by atoms with Gasteiger partial charge in [-0.2, -0.15) is 4.98 Å². The van der Waals surface area contributed by atoms with Crippen LogP contribution in [0.2, 0.25) is 0 Å². The van der Waals surface area contributed by atoms with E-state index in [0.29, 0.717) is 18.3 Å². The topological polar surface area (TPSA) is 101 Å². The molecule has 0 saturated heterocycles. The van der Waals surface area contributed by atoms with E-state index in [1.807, 2.05) is 20.8 Å². The maximum Gasteiger partial charge on any atom is 0.226 e. The number of nitrogens with one attached hydrogen (secondary N) is 2. The van der Waals surface area contributed by atoms with Gasteiger partial charge in [0.15, 0.2) is 11.8 Å². The Bertz CT molecular complexity index is 733. The van der Waals surface area contributed by atoms with Crippen molar-refractivity contribution in [2.45, 2.75) is 72.3 Å². The molecule has 28 heavy (non-hydrogen) atoms. The number of aliphatic imine (C=N–C) groups is 1. The molecule has 0 atom stereocenters. The lowest BCUT2D eigenvalue weighted by atomic mass is 9.94. The number of aryl methyl sites for hydroxylation is 1. The van der Waals surface area contributed by atoms with Crippen LogP contribution in [0.1, 0.15) is 77.2 Å². The molecule has 0 aliphatic rings. The molecule has 158 valence electrons. The van der Waals surface area contributed by atoms with Gasteiger partial charge in [-0.1, -0.05) is 39.8 Å². The molecule has 2 aromatic heterocycles. The van der Waals surface area contributed by atoms with Gasteiger partial charge in [0.1, 0.15) is 12.3 Å². The molecular formula is C19H33IN6O2. The molecule has 0 unspecified atom stereocenters. The van der Waals surface area contributed by atoms with E-state index < -0.39 is 0 Å². The van der Waals surface area contributed by atoms with E-state index in [1.54, 1.807) is 6.20 Å². The van der Waals surface area contributed by atoms with Gasteiger partial charge in [-0.05, 0) is 13.3 Å². The van der Waals surface area contributed by atoms with E-state index in [2.05, 4.69) is 51.5 Å². The standard InChI is InChI=1S/C19H32N6O2.HI/c1-7-20-18(23-12-16-22-11-14(26-16)19(4,5)6)21-10-8-9-15-24-17(13(2)3)25-27-15;/h11,13H,7-10,12H2,1-6H3,(H2,20,21,23);1H. The Morgan fingerprint density at radius 1 is 1.21 bits per heavy atom. The number of halogens is 1. The summed E-state index contributed by atoms with van der Waals surface area (Å²) in [5.41, 5.74) is -0.0537. The number of hydrogen-bond acceptors (Lipinski definition) is 6. The second kappa shape index (κ2) is 11.4. The molecule has 0 aromatic carbocycles. The van der Waals surface area contributed by atoms with Crippen LogP contribution in [0.25, 0.3) is 0 Å². The number of guanidine groups is 1. The summed E-state index contributed by atoms with van der Waals surface area (Å²) in [5.74, 6) is 3.93. The minimum atomic E-state index is -0.0537. The zero-order valence-electron chi connectivity index (χ0n) is 17.7. The fourth-order valence-corrected chi connectivity index (χ4v) is 2.27. The van der Waals surface area contributed by atoms with Crippen molar-refractivity contribution < 1.29 is 8.94 Å². The zero-order valence-corrected chi connectivity index (χ0v) is 20.0. The highest BCUT2D eigenvalue weighted by Crippen LogP contribution is 2.22. The Morgan fingerprint density at radius 2 is 1.96 bits per heavy atom. The molecule has 8 nitrogen and oxygen atoms in total. The first kappa shape index (κ1) is 24.4. The van der Waals surface area contributed by atoms with Crippen LogP contribution < -0.4 is 10.6 Å². The smallest absolute Gasteiger partial charge is 0.226 e. The summed E-state index contributed by atoms with van der Waals surface area (Å²) in [4.78, 5) is 13.2. The monoisotopic (exact) mass is 504 g/mol. The van der Waals surface area contributed by atoms with Crippen molar-refractivity contribution in [2.75, 3.05) is 13.1 Å². The largest absolute Gasteiger partial charge is 0.443 e. The Morgan fingerprint density at radius 3 is 2.54 bits per heavy atom. The van der Waals surface area contributed by atoms with Crippen molar-refractivity contribution in [2.24, 2.45) is 4.99 Å². The van der Waals surface area contributed by atoms with E-state index in [-0.39, 0.29) is 35.3 Å². The van der Waals surface area contributed by atoms with E-state index in [4.69, 9.17) is 8.94 Å². The number of aromatic nitrogens is 3. The molecule has 0 radical (unpaired) electrons. The van der Waals surface area contributed by atoms with E-state index >= 15 is 0 Å². The highest BCUT2D eigenvalue weighted by Gasteiger charge is 2.19. The first-order valence-electron chi connectivity index (χ1n) is 9.59. The van der Waals surface area contributed by atoms with Gasteiger partial charge in [-0.3, -0.25) is 0 Å². The number of nitrogens with zero attached hydrogens (tertiary/aromatic N) is 4. The summed E-state index contributed by atoms with van der Waals surface area (Å²) in [5, 5.41) is 10.5. The van der Waals surface area contributed by atoms with E-state index in [0.717, 1.165) is 43.5 Å². The molecule has 2 aromatic rings. The molecule has 0 saturated carbocycles. The maximum absolute atomic E-state index is 5.78. The molecule has 0 aliphatic heterocycles. The summed E-state index contributed by atoms with van der Waals surface area (Å²) < 4.78 is 11.0. The van der Waals surface area contributed by atoms with Crippen molar-refractivity contribution in [1.82, 2.24) is 25.8 Å². The van der Waals surface area contributed by atoms with E-state index in [1.165, 1.54) is 0 Å². The second-order valence-electron chi connectivity index (χ2n) is 7.79. The predicted molar refractivity (Wildman–Crippen MR) is 120 cm³/mol. The van der Waals surface area contributed by atoms with Gasteiger partial charge >= 0.3 is 0 Å². The molecular weight excluding hydrogens is 471 g/mol. The molecule has 0 spiro atoms. The van der Waals surface area contributed by atoms with Gasteiger partial charge in [0.25, 0.3) is 0 Å². The predicted octanol–water partition coefficient (Wildman–Crippen LogP) is 3.78. The van der Waals surface area contributed by atoms with Crippen LogP contribution in [0.15, 0.2) is 20.1 Å². The maximum atomic E-state index is 5.78. The minimum Gasteiger partial charge on any atom is -0.443 e. The average Bonchev–Trinajstić information content (AvgIpc) is 3.25. The third-order valence-electron chi connectivity index (χ3n) is 3.87. The summed E-state index contributed by atoms with van der Waals surface area (Å²) >= 11 is 0. The molecule has 0 bridgehead atoms. The quantitative estimate of drug-likeness (QED) is 0.244. The number of hydrogen-bond donors (Lipinski definition) is 2. The normalized spacial score (nSPS) is 12.2. The van der Waals surface area contributed by atoms with Crippen molar-refractivity contribution in [1.29, 1.82) is 0 Å². The zero-order chi connectivity index (χ0) is 19.9. The summed E-state index contributed by atoms with van der Waals surface area (Å²) in [6.07, 6.45) is 3.39. The number of rotatable bonds is 8. The van der Waals surface area contributed by atoms with Gasteiger partial charge < -0.3 is 19.6 Å². The highest BCUT2D eigenvalue weighted by molar-refractivity contribution is 14.0. The SMILES string of the molecule is CCNC(=NCc1ncc(C(C)(C)C)o1)NCCCc1nc(C(C)C)no1.I. The number of oxazole rings is 1. The fourth-order valence-electron chi connectivity index (χ4n) is 2.27. The summed E-state index contributed by atoms with van der Waals surface area (Å²) in [6, 6.07) is 0. The highest BCUT2D eigenvalue weighted by atomic mass is 127. The lowest BCUT2D eigenvalue weighted by molar-refractivity contribution is 0.368. The van der Waals surface area contributed by atoms with Gasteiger partial charge in [0.2, 0.25) is 11.8 Å². The minimum absolute atomic E-state index is 0. The molecule has 0 fully saturated rings. The first-order valence-corrected chi connectivity index (χ1v) is 9.59. The van der Waals surface area contributed by atoms with Gasteiger partial charge in [0, 0.05) is 30.8 Å². The lowest BCUT2D eigenvalue weighted by Crippen LogP contribution is -2.37. The summed E-state index contributed by atoms with van der Waals surface area (Å²) in [6.45, 7) is 14.4. The van der Waals surface area contributed by atoms with Crippen LogP contribution in [0.5, 0.6) is 0 Å². The fraction of sp³-hybridized carbons (Fsp3) is 0.684. The molecule has 2 N–H and O–H groups in total. The third-order valence-corrected chi connectivity index (χ3v) is 3.87. The third kappa shape index (κ3) is 7.76. The molecule has 2 heterocycles. The van der Waals surface area contributed by atoms with Crippen LogP contribution in [0, 0.1) is 0 Å². The molecule has 0 amide bonds. The van der Waals surface area contributed by atoms with Crippen LogP contribution in [0.4, 0.5) is 0 Å². The lowest BCUT2D eigenvalue weighted by Gasteiger charge is -2.13. The van der Waals surface area contributed by atoms with Crippen molar-refractivity contribution in [3.8, 4) is 0 Å². The second-order valence-corrected chi connectivity index (χ2v) is 7.79. The van der Waals surface area contributed by atoms with Crippen molar-refractivity contribution >= 4 is 29.9 Å². The van der Waals surface area contributed by atoms with Crippen LogP contribution in [-0.4, -0.2) is 34.2 Å². The van der Waals surface area contributed by atoms with Crippen molar-refractivity contribution in [3.63, 3.8) is 0 Å². The van der Waals surface area contributed by atoms with Gasteiger partial charge in [-0.25, -0.2) is 9.98 Å². The Kier molecular flexibility index (Phi) is 9.91. The van der Waals surface area contributed by atoms with Crippen LogP contribution in [-0.2, 0) is 18.4 Å². The molecule has 2 rings (SSSR count). The molecule has 0 aliphatic carbocycles. The first-order chi connectivity index (χ1) is 12.8. The Labute approximate surface area is 184 Å². The van der Waals surface area contributed by atoms with Crippen LogP contribution >= 0.6 is 24.0 Å². The molecule has 9 heteroatoms. The summed E-state index contributed by atoms with van der Waals surface area (Å²) in [7, 11) is 0. The van der Waals surface area contributed by atoms with E-state index in [9.17, 15) is 0 Å². The van der Waals surface area contributed by atoms with Crippen molar-refractivity contribution in [3.05, 3.63) is 29.6 Å². The average molecular weight is 504 g/mol. The van der Waals surface area contributed by atoms with Crippen LogP contribution in [0.3, 0.4) is 0 Å².